The zero-order chi connectivity index (χ0) is 71.7. The molecule has 0 radical (unpaired) electrons. The molecule has 0 aliphatic rings. The van der Waals surface area contributed by atoms with Crippen LogP contribution in [0.2, 0.25) is 0 Å². The second-order valence-electron chi connectivity index (χ2n) is 14.9. The van der Waals surface area contributed by atoms with Crippen LogP contribution in [0.25, 0.3) is 76.8 Å². The number of nitrogens with zero attached hydrogens (tertiary/aromatic N) is 2. The van der Waals surface area contributed by atoms with Crippen LogP contribution in [0, 0.1) is 11.6 Å². The SMILES string of the molecule is [2H]c1c([2H])c([2H])c(-c2cc(N(c3c([2H])c([2H])c([2H])c([2H])c3[2H])c3ccc4ccc5c(N(c6cc(-c7c([2H])c([2H])c([2H])c([2H])c7[2H])c(F)cc6-c6c([2H])c([2H])c([2H])c([2H])c6[2H])c6c([2H])c([2H])c([2H])c([2H])c6[2H])ccc6ccc3c4c65)c(-c3c([2H])c([2H])c([2H])c([2H])c3[2H])cc2F)c([2H])c1[2H]. The van der Waals surface area contributed by atoms with Crippen LogP contribution in [0.4, 0.5) is 42.9 Å². The van der Waals surface area contributed by atoms with Crippen molar-refractivity contribution in [2.75, 3.05) is 9.80 Å². The van der Waals surface area contributed by atoms with Crippen LogP contribution >= 0.6 is 0 Å². The average molecular weight is 907 g/mol. The number of hydrogen-bond donors (Lipinski definition) is 0. The van der Waals surface area contributed by atoms with Gasteiger partial charge in [-0.05, 0) is 104 Å². The Morgan fingerprint density at radius 2 is 0.588 bits per heavy atom. The predicted molar refractivity (Wildman–Crippen MR) is 281 cm³/mol. The molecule has 0 saturated heterocycles. The fourth-order valence-corrected chi connectivity index (χ4v) is 8.43. The van der Waals surface area contributed by atoms with Crippen molar-refractivity contribution in [3.05, 3.63) is 266 Å². The molecule has 12 aromatic carbocycles. The molecule has 0 bridgehead atoms. The minimum Gasteiger partial charge on any atom is -0.309 e. The minimum atomic E-state index is -1.39. The van der Waals surface area contributed by atoms with Gasteiger partial charge in [0.05, 0.1) is 63.9 Å². The van der Waals surface area contributed by atoms with Gasteiger partial charge in [-0.3, -0.25) is 0 Å². The van der Waals surface area contributed by atoms with E-state index in [0.717, 1.165) is 21.9 Å². The molecule has 0 heterocycles. The monoisotopic (exact) mass is 907 g/mol. The third-order valence-corrected chi connectivity index (χ3v) is 11.3. The van der Waals surface area contributed by atoms with Crippen molar-refractivity contribution in [1.29, 1.82) is 0 Å². The summed E-state index contributed by atoms with van der Waals surface area (Å²) in [5.74, 6) is -2.78. The van der Waals surface area contributed by atoms with Crippen LogP contribution in [-0.2, 0) is 0 Å². The Morgan fingerprint density at radius 1 is 0.294 bits per heavy atom. The van der Waals surface area contributed by atoms with Crippen LogP contribution in [-0.4, -0.2) is 0 Å². The van der Waals surface area contributed by atoms with E-state index in [1.54, 1.807) is 0 Å². The quantitative estimate of drug-likeness (QED) is 0.126. The lowest BCUT2D eigenvalue weighted by Crippen LogP contribution is -2.13. The van der Waals surface area contributed by atoms with E-state index in [1.165, 1.54) is 48.5 Å². The first-order valence-corrected chi connectivity index (χ1v) is 20.4. The number of rotatable bonds is 10. The summed E-state index contributed by atoms with van der Waals surface area (Å²) in [6.45, 7) is 0. The maximum Gasteiger partial charge on any atom is 0.131 e. The number of hydrogen-bond acceptors (Lipinski definition) is 2. The van der Waals surface area contributed by atoms with E-state index >= 15 is 8.78 Å². The van der Waals surface area contributed by atoms with Gasteiger partial charge < -0.3 is 9.80 Å². The molecule has 2 nitrogen and oxygen atoms in total. The fraction of sp³-hybridized carbons (Fsp3) is 0. The molecule has 0 unspecified atom stereocenters. The summed E-state index contributed by atoms with van der Waals surface area (Å²) in [7, 11) is 0. The topological polar surface area (TPSA) is 6.48 Å². The Balaban J connectivity index is 1.27. The van der Waals surface area contributed by atoms with Crippen molar-refractivity contribution in [3.63, 3.8) is 0 Å². The van der Waals surface area contributed by atoms with E-state index in [-0.39, 0.29) is 32.9 Å². The Hall–Kier alpha value is -8.86. The van der Waals surface area contributed by atoms with Gasteiger partial charge in [-0.15, -0.1) is 0 Å². The van der Waals surface area contributed by atoms with Gasteiger partial charge in [-0.25, -0.2) is 8.78 Å². The summed E-state index contributed by atoms with van der Waals surface area (Å²) >= 11 is 0. The number of anilines is 6. The molecule has 0 N–H and O–H groups in total. The first kappa shape index (κ1) is 19.9. The van der Waals surface area contributed by atoms with Gasteiger partial charge in [-0.1, -0.05) is 194 Å². The molecule has 0 fully saturated rings. The molecule has 68 heavy (non-hydrogen) atoms. The number of benzene rings is 12. The highest BCUT2D eigenvalue weighted by atomic mass is 19.1. The molecule has 0 aromatic heterocycles. The van der Waals surface area contributed by atoms with Gasteiger partial charge in [0.1, 0.15) is 11.6 Å². The zero-order valence-electron chi connectivity index (χ0n) is 64.6. The summed E-state index contributed by atoms with van der Waals surface area (Å²) in [6.07, 6.45) is 0. The highest BCUT2D eigenvalue weighted by Gasteiger charge is 2.26. The van der Waals surface area contributed by atoms with Crippen molar-refractivity contribution < 1.29 is 49.9 Å². The van der Waals surface area contributed by atoms with E-state index in [2.05, 4.69) is 0 Å². The molecule has 0 amide bonds. The van der Waals surface area contributed by atoms with Gasteiger partial charge in [0.25, 0.3) is 0 Å². The van der Waals surface area contributed by atoms with Gasteiger partial charge in [0, 0.05) is 44.4 Å². The molecule has 0 aliphatic heterocycles. The van der Waals surface area contributed by atoms with Gasteiger partial charge >= 0.3 is 0 Å². The molecular formula is C64H42F2N2. The maximum atomic E-state index is 17.6. The summed E-state index contributed by atoms with van der Waals surface area (Å²) in [5.41, 5.74) is -8.80. The molecule has 0 saturated carbocycles. The van der Waals surface area contributed by atoms with Crippen molar-refractivity contribution in [2.24, 2.45) is 0 Å². The summed E-state index contributed by atoms with van der Waals surface area (Å²) in [6, 6.07) is -13.0. The molecule has 4 heteroatoms. The third kappa shape index (κ3) is 7.11. The van der Waals surface area contributed by atoms with Crippen LogP contribution in [0.3, 0.4) is 0 Å². The lowest BCUT2D eigenvalue weighted by Gasteiger charge is -2.31. The average Bonchev–Trinajstić information content (AvgIpc) is 0.718. The van der Waals surface area contributed by atoms with E-state index in [0.29, 0.717) is 22.9 Å². The molecule has 12 aromatic rings. The Kier molecular flexibility index (Phi) is 5.03. The molecule has 0 spiro atoms. The lowest BCUT2D eigenvalue weighted by molar-refractivity contribution is 0.631. The van der Waals surface area contributed by atoms with E-state index < -0.39 is 260 Å². The minimum absolute atomic E-state index is 0.0321. The standard InChI is InChI=1S/C64H42F2N2/c65-57-39-55(45-23-11-3-12-24-45)61(41-53(57)43-19-7-1-8-20-43)67(49-27-15-5-16-28-49)59-37-33-47-32-36-52-60(38-34-48-31-35-51(59)63(47)64(48)52)68(50-29-17-6-18-30-50)62-42-54(44-21-9-2-10-22-44)58(66)40-56(62)46-25-13-4-14-26-46/h1-42H/i1D,2D,3D,4D,5D,6D,7D,8D,9D,10D,11D,12D,13D,14D,15D,16D,17D,18D,19D,20D,21D,22D,23D,24D,25D,26D,27D,28D,29D,30D. The normalized spacial score (nSPS) is 17.6. The fourth-order valence-electron chi connectivity index (χ4n) is 8.43. The molecule has 12 rings (SSSR count). The Labute approximate surface area is 436 Å². The lowest BCUT2D eigenvalue weighted by atomic mass is 9.90. The molecular weight excluding hydrogens is 835 g/mol. The van der Waals surface area contributed by atoms with Crippen LogP contribution in [0.15, 0.2) is 254 Å². The zero-order valence-corrected chi connectivity index (χ0v) is 34.6. The molecule has 0 aliphatic carbocycles. The summed E-state index contributed by atoms with van der Waals surface area (Å²) in [5, 5.41) is 1.04. The smallest absolute Gasteiger partial charge is 0.131 e. The van der Waals surface area contributed by atoms with Gasteiger partial charge in [0.2, 0.25) is 0 Å². The van der Waals surface area contributed by atoms with Crippen molar-refractivity contribution in [3.8, 4) is 44.5 Å². The Bertz CT molecular complexity index is 5070. The second-order valence-corrected chi connectivity index (χ2v) is 14.9. The van der Waals surface area contributed by atoms with Crippen LogP contribution < -0.4 is 9.80 Å². The van der Waals surface area contributed by atoms with Crippen molar-refractivity contribution in [2.45, 2.75) is 0 Å². The van der Waals surface area contributed by atoms with Gasteiger partial charge in [-0.2, -0.15) is 0 Å². The van der Waals surface area contributed by atoms with Gasteiger partial charge in [0.15, 0.2) is 0 Å². The highest BCUT2D eigenvalue weighted by molar-refractivity contribution is 6.28. The largest absolute Gasteiger partial charge is 0.309 e. The first-order valence-electron chi connectivity index (χ1n) is 35.4. The van der Waals surface area contributed by atoms with E-state index in [9.17, 15) is 11.0 Å². The highest BCUT2D eigenvalue weighted by Crippen LogP contribution is 2.51. The van der Waals surface area contributed by atoms with E-state index in [1.807, 2.05) is 0 Å². The summed E-state index contributed by atoms with van der Waals surface area (Å²) < 4.78 is 302. The van der Waals surface area contributed by atoms with Crippen molar-refractivity contribution >= 4 is 66.4 Å². The molecule has 0 atom stereocenters. The summed E-state index contributed by atoms with van der Waals surface area (Å²) in [4.78, 5) is 1.98. The predicted octanol–water partition coefficient (Wildman–Crippen LogP) is 18.5. The van der Waals surface area contributed by atoms with Crippen LogP contribution in [0.5, 0.6) is 0 Å². The number of halogens is 2. The van der Waals surface area contributed by atoms with Crippen LogP contribution in [0.1, 0.15) is 41.1 Å². The third-order valence-electron chi connectivity index (χ3n) is 11.3. The maximum absolute atomic E-state index is 17.6. The van der Waals surface area contributed by atoms with E-state index in [4.69, 9.17) is 30.2 Å². The Morgan fingerprint density at radius 3 is 0.926 bits per heavy atom. The first-order chi connectivity index (χ1) is 46.0. The van der Waals surface area contributed by atoms with Crippen molar-refractivity contribution in [1.82, 2.24) is 0 Å². The molecule has 322 valence electrons. The number of para-hydroxylation sites is 2. The second kappa shape index (κ2) is 17.2.